The van der Waals surface area contributed by atoms with Crippen LogP contribution in [0.4, 0.5) is 0 Å². The van der Waals surface area contributed by atoms with Crippen LogP contribution in [-0.2, 0) is 0 Å². The van der Waals surface area contributed by atoms with Crippen molar-refractivity contribution in [1.29, 1.82) is 0 Å². The van der Waals surface area contributed by atoms with Gasteiger partial charge in [-0.1, -0.05) is 0 Å². The number of benzene rings is 1. The van der Waals surface area contributed by atoms with Crippen molar-refractivity contribution in [2.75, 3.05) is 0 Å². The van der Waals surface area contributed by atoms with Gasteiger partial charge in [-0.25, -0.2) is 0 Å². The highest BCUT2D eigenvalue weighted by Crippen LogP contribution is 2.44. The molecule has 0 unspecified atom stereocenters. The minimum Gasteiger partial charge on any atom is -0.278 e. The molecule has 0 bridgehead atoms. The Morgan fingerprint density at radius 1 is 1.36 bits per heavy atom. The molecule has 1 saturated carbocycles. The lowest BCUT2D eigenvalue weighted by Crippen LogP contribution is -1.91. The molecule has 2 heteroatoms. The Morgan fingerprint density at radius 3 is 2.86 bits per heavy atom. The number of nitrogens with zero attached hydrogens (tertiary/aromatic N) is 1. The summed E-state index contributed by atoms with van der Waals surface area (Å²) in [6.07, 6.45) is 4.67. The second-order valence-electron chi connectivity index (χ2n) is 4.34. The predicted molar refractivity (Wildman–Crippen MR) is 57.5 cm³/mol. The van der Waals surface area contributed by atoms with Gasteiger partial charge in [0.1, 0.15) is 0 Å². The van der Waals surface area contributed by atoms with Crippen molar-refractivity contribution in [3.63, 3.8) is 0 Å². The summed E-state index contributed by atoms with van der Waals surface area (Å²) < 4.78 is 0. The Bertz CT molecular complexity index is 492. The molecule has 2 nitrogen and oxygen atoms in total. The average molecular weight is 186 g/mol. The molecule has 0 spiro atoms. The minimum atomic E-state index is 0.828. The minimum absolute atomic E-state index is 0.828. The highest BCUT2D eigenvalue weighted by atomic mass is 15.1. The molecule has 0 radical (unpaired) electrons. The molecule has 1 heterocycles. The van der Waals surface area contributed by atoms with Crippen molar-refractivity contribution in [2.24, 2.45) is 0 Å². The average Bonchev–Trinajstić information content (AvgIpc) is 2.84. The number of H-pyrrole nitrogens is 1. The molecular weight excluding hydrogens is 172 g/mol. The summed E-state index contributed by atoms with van der Waals surface area (Å²) in [4.78, 5) is 0. The van der Waals surface area contributed by atoms with Crippen molar-refractivity contribution in [1.82, 2.24) is 10.2 Å². The van der Waals surface area contributed by atoms with Crippen molar-refractivity contribution in [3.8, 4) is 0 Å². The molecule has 1 N–H and O–H groups in total. The Hall–Kier alpha value is -1.31. The molecule has 0 saturated heterocycles. The topological polar surface area (TPSA) is 28.7 Å². The van der Waals surface area contributed by atoms with Crippen LogP contribution in [0.15, 0.2) is 12.3 Å². The number of aryl methyl sites for hydroxylation is 2. The second-order valence-corrected chi connectivity index (χ2v) is 4.34. The third-order valence-corrected chi connectivity index (χ3v) is 3.25. The van der Waals surface area contributed by atoms with E-state index in [2.05, 4.69) is 30.1 Å². The van der Waals surface area contributed by atoms with Gasteiger partial charge in [-0.2, -0.15) is 5.10 Å². The van der Waals surface area contributed by atoms with E-state index in [1.54, 1.807) is 5.56 Å². The number of fused-ring (bicyclic) bond motifs is 1. The standard InChI is InChI=1S/C12H14N2/c1-7-5-11-10(6-13-14-11)8(2)12(7)9-3-4-9/h5-6,9H,3-4H2,1-2H3,(H,13,14). The lowest BCUT2D eigenvalue weighted by molar-refractivity contribution is 1.08. The molecule has 1 aromatic carbocycles. The molecular formula is C12H14N2. The molecule has 1 aromatic heterocycles. The van der Waals surface area contributed by atoms with E-state index in [-0.39, 0.29) is 0 Å². The third-order valence-electron chi connectivity index (χ3n) is 3.25. The summed E-state index contributed by atoms with van der Waals surface area (Å²) in [7, 11) is 0. The summed E-state index contributed by atoms with van der Waals surface area (Å²) in [6, 6.07) is 2.23. The van der Waals surface area contributed by atoms with E-state index in [1.807, 2.05) is 6.20 Å². The molecule has 1 aliphatic carbocycles. The van der Waals surface area contributed by atoms with Gasteiger partial charge in [0.25, 0.3) is 0 Å². The molecule has 14 heavy (non-hydrogen) atoms. The number of hydrogen-bond acceptors (Lipinski definition) is 1. The first-order valence-electron chi connectivity index (χ1n) is 5.20. The number of rotatable bonds is 1. The fourth-order valence-electron chi connectivity index (χ4n) is 2.44. The molecule has 1 aliphatic rings. The van der Waals surface area contributed by atoms with E-state index in [0.717, 1.165) is 5.92 Å². The van der Waals surface area contributed by atoms with E-state index in [0.29, 0.717) is 0 Å². The molecule has 2 aromatic rings. The second kappa shape index (κ2) is 2.59. The van der Waals surface area contributed by atoms with Gasteiger partial charge in [0.15, 0.2) is 0 Å². The Morgan fingerprint density at radius 2 is 2.14 bits per heavy atom. The van der Waals surface area contributed by atoms with Crippen molar-refractivity contribution in [2.45, 2.75) is 32.6 Å². The van der Waals surface area contributed by atoms with Crippen LogP contribution in [0.3, 0.4) is 0 Å². The zero-order valence-electron chi connectivity index (χ0n) is 8.59. The van der Waals surface area contributed by atoms with E-state index < -0.39 is 0 Å². The largest absolute Gasteiger partial charge is 0.278 e. The zero-order chi connectivity index (χ0) is 9.71. The number of aromatic nitrogens is 2. The SMILES string of the molecule is Cc1cc2[nH]ncc2c(C)c1C1CC1. The van der Waals surface area contributed by atoms with Gasteiger partial charge in [0.2, 0.25) is 0 Å². The lowest BCUT2D eigenvalue weighted by atomic mass is 9.96. The predicted octanol–water partition coefficient (Wildman–Crippen LogP) is 3.06. The molecule has 0 atom stereocenters. The van der Waals surface area contributed by atoms with Gasteiger partial charge in [-0.15, -0.1) is 0 Å². The van der Waals surface area contributed by atoms with Gasteiger partial charge < -0.3 is 0 Å². The number of aromatic amines is 1. The van der Waals surface area contributed by atoms with Crippen LogP contribution in [0.2, 0.25) is 0 Å². The van der Waals surface area contributed by atoms with Gasteiger partial charge >= 0.3 is 0 Å². The van der Waals surface area contributed by atoms with Crippen LogP contribution in [0.1, 0.15) is 35.4 Å². The molecule has 0 aliphatic heterocycles. The maximum absolute atomic E-state index is 4.10. The third kappa shape index (κ3) is 0.999. The van der Waals surface area contributed by atoms with Crippen molar-refractivity contribution in [3.05, 3.63) is 29.0 Å². The zero-order valence-corrected chi connectivity index (χ0v) is 8.59. The van der Waals surface area contributed by atoms with Crippen LogP contribution < -0.4 is 0 Å². The maximum Gasteiger partial charge on any atom is 0.0655 e. The molecule has 0 amide bonds. The Balaban J connectivity index is 2.36. The van der Waals surface area contributed by atoms with Crippen molar-refractivity contribution >= 4 is 10.9 Å². The number of hydrogen-bond donors (Lipinski definition) is 1. The Kier molecular flexibility index (Phi) is 1.49. The summed E-state index contributed by atoms with van der Waals surface area (Å²) in [6.45, 7) is 4.43. The first-order valence-corrected chi connectivity index (χ1v) is 5.20. The highest BCUT2D eigenvalue weighted by Gasteiger charge is 2.27. The normalized spacial score (nSPS) is 16.4. The van der Waals surface area contributed by atoms with Crippen LogP contribution in [0.5, 0.6) is 0 Å². The number of nitrogens with one attached hydrogen (secondary N) is 1. The first-order chi connectivity index (χ1) is 6.77. The van der Waals surface area contributed by atoms with E-state index in [9.17, 15) is 0 Å². The quantitative estimate of drug-likeness (QED) is 0.728. The van der Waals surface area contributed by atoms with Gasteiger partial charge in [0, 0.05) is 5.39 Å². The maximum atomic E-state index is 4.10. The smallest absolute Gasteiger partial charge is 0.0655 e. The first kappa shape index (κ1) is 8.04. The summed E-state index contributed by atoms with van der Waals surface area (Å²) in [5.41, 5.74) is 5.58. The highest BCUT2D eigenvalue weighted by molar-refractivity contribution is 5.84. The van der Waals surface area contributed by atoms with Crippen LogP contribution in [-0.4, -0.2) is 10.2 Å². The monoisotopic (exact) mass is 186 g/mol. The summed E-state index contributed by atoms with van der Waals surface area (Å²) >= 11 is 0. The van der Waals surface area contributed by atoms with Crippen LogP contribution >= 0.6 is 0 Å². The van der Waals surface area contributed by atoms with Gasteiger partial charge in [-0.3, -0.25) is 5.10 Å². The van der Waals surface area contributed by atoms with Crippen molar-refractivity contribution < 1.29 is 0 Å². The lowest BCUT2D eigenvalue weighted by Gasteiger charge is -2.09. The summed E-state index contributed by atoms with van der Waals surface area (Å²) in [5, 5.41) is 8.43. The molecule has 3 rings (SSSR count). The van der Waals surface area contributed by atoms with Gasteiger partial charge in [-0.05, 0) is 55.4 Å². The van der Waals surface area contributed by atoms with E-state index >= 15 is 0 Å². The fourth-order valence-corrected chi connectivity index (χ4v) is 2.44. The van der Waals surface area contributed by atoms with E-state index in [4.69, 9.17) is 0 Å². The molecule has 1 fully saturated rings. The Labute approximate surface area is 83.3 Å². The molecule has 72 valence electrons. The van der Waals surface area contributed by atoms with Gasteiger partial charge in [0.05, 0.1) is 11.7 Å². The van der Waals surface area contributed by atoms with E-state index in [1.165, 1.54) is 34.9 Å². The summed E-state index contributed by atoms with van der Waals surface area (Å²) in [5.74, 6) is 0.828. The van der Waals surface area contributed by atoms with Crippen LogP contribution in [0, 0.1) is 13.8 Å². The van der Waals surface area contributed by atoms with Crippen LogP contribution in [0.25, 0.3) is 10.9 Å². The fraction of sp³-hybridized carbons (Fsp3) is 0.417.